The van der Waals surface area contributed by atoms with Crippen molar-refractivity contribution in [1.82, 2.24) is 25.4 Å². The quantitative estimate of drug-likeness (QED) is 0.455. The van der Waals surface area contributed by atoms with Crippen molar-refractivity contribution in [2.75, 3.05) is 5.75 Å². The Kier molecular flexibility index (Phi) is 8.34. The highest BCUT2D eigenvalue weighted by Gasteiger charge is 2.16. The van der Waals surface area contributed by atoms with Crippen LogP contribution in [0.25, 0.3) is 0 Å². The van der Waals surface area contributed by atoms with Gasteiger partial charge in [-0.3, -0.25) is 9.59 Å². The smallest absolute Gasteiger partial charge is 0.253 e. The van der Waals surface area contributed by atoms with Gasteiger partial charge in [-0.2, -0.15) is 0 Å². The highest BCUT2D eigenvalue weighted by Crippen LogP contribution is 2.21. The Hall–Kier alpha value is -2.55. The Morgan fingerprint density at radius 1 is 1.03 bits per heavy atom. The molecular formula is C21H21Cl2N5O2S. The van der Waals surface area contributed by atoms with Crippen molar-refractivity contribution in [3.8, 4) is 0 Å². The lowest BCUT2D eigenvalue weighted by atomic mass is 10.2. The van der Waals surface area contributed by atoms with Crippen molar-refractivity contribution in [1.29, 1.82) is 0 Å². The lowest BCUT2D eigenvalue weighted by Gasteiger charge is -2.09. The van der Waals surface area contributed by atoms with Crippen LogP contribution in [0.3, 0.4) is 0 Å². The van der Waals surface area contributed by atoms with Crippen LogP contribution in [0, 0.1) is 0 Å². The van der Waals surface area contributed by atoms with Gasteiger partial charge in [-0.05, 0) is 30.7 Å². The summed E-state index contributed by atoms with van der Waals surface area (Å²) in [7, 11) is 0. The van der Waals surface area contributed by atoms with Gasteiger partial charge in [0.25, 0.3) is 5.91 Å². The number of halogens is 2. The Morgan fingerprint density at radius 3 is 2.52 bits per heavy atom. The molecule has 0 fully saturated rings. The molecule has 1 heterocycles. The first kappa shape index (κ1) is 23.1. The van der Waals surface area contributed by atoms with Crippen molar-refractivity contribution in [2.45, 2.75) is 31.7 Å². The first-order valence-electron chi connectivity index (χ1n) is 9.56. The largest absolute Gasteiger partial charge is 0.351 e. The Labute approximate surface area is 194 Å². The van der Waals surface area contributed by atoms with E-state index in [4.69, 9.17) is 23.2 Å². The number of carbonyl (C=O) groups excluding carboxylic acids is 2. The number of nitrogens with one attached hydrogen (secondary N) is 2. The molecule has 1 aromatic heterocycles. The molecule has 0 saturated carbocycles. The van der Waals surface area contributed by atoms with Crippen LogP contribution in [0.1, 0.15) is 28.7 Å². The average Bonchev–Trinajstić information content (AvgIpc) is 3.17. The van der Waals surface area contributed by atoms with E-state index in [1.165, 1.54) is 17.8 Å². The second kappa shape index (κ2) is 11.2. The molecule has 162 valence electrons. The number of carbonyl (C=O) groups is 2. The van der Waals surface area contributed by atoms with Crippen LogP contribution in [-0.4, -0.2) is 32.3 Å². The van der Waals surface area contributed by atoms with Gasteiger partial charge in [0.15, 0.2) is 11.0 Å². The summed E-state index contributed by atoms with van der Waals surface area (Å²) in [6.07, 6.45) is 0. The summed E-state index contributed by atoms with van der Waals surface area (Å²) in [5.41, 5.74) is 1.37. The number of nitrogens with zero attached hydrogens (tertiary/aromatic N) is 3. The van der Waals surface area contributed by atoms with Crippen LogP contribution in [0.15, 0.2) is 53.7 Å². The van der Waals surface area contributed by atoms with E-state index in [1.54, 1.807) is 12.1 Å². The van der Waals surface area contributed by atoms with Crippen LogP contribution in [0.5, 0.6) is 0 Å². The molecule has 10 heteroatoms. The van der Waals surface area contributed by atoms with E-state index in [0.29, 0.717) is 34.7 Å². The first-order valence-corrected chi connectivity index (χ1v) is 11.3. The number of hydrogen-bond acceptors (Lipinski definition) is 5. The first-order chi connectivity index (χ1) is 15.0. The summed E-state index contributed by atoms with van der Waals surface area (Å²) in [5.74, 6) is 0.388. The van der Waals surface area contributed by atoms with E-state index in [9.17, 15) is 9.59 Å². The van der Waals surface area contributed by atoms with Gasteiger partial charge in [0.2, 0.25) is 5.91 Å². The number of aromatic nitrogens is 3. The van der Waals surface area contributed by atoms with E-state index in [0.717, 1.165) is 5.56 Å². The molecule has 0 saturated heterocycles. The van der Waals surface area contributed by atoms with E-state index in [1.807, 2.05) is 41.8 Å². The van der Waals surface area contributed by atoms with Crippen LogP contribution >= 0.6 is 35.0 Å². The molecule has 0 aliphatic carbocycles. The van der Waals surface area contributed by atoms with Crippen LogP contribution in [0.4, 0.5) is 0 Å². The molecule has 2 N–H and O–H groups in total. The normalized spacial score (nSPS) is 10.7. The van der Waals surface area contributed by atoms with Crippen LogP contribution in [-0.2, 0) is 24.4 Å². The summed E-state index contributed by atoms with van der Waals surface area (Å²) in [6, 6.07) is 14.4. The minimum Gasteiger partial charge on any atom is -0.351 e. The minimum absolute atomic E-state index is 0.0910. The van der Waals surface area contributed by atoms with Crippen molar-refractivity contribution in [2.24, 2.45) is 0 Å². The van der Waals surface area contributed by atoms with Crippen molar-refractivity contribution >= 4 is 46.8 Å². The summed E-state index contributed by atoms with van der Waals surface area (Å²) in [6.45, 7) is 3.21. The number of rotatable bonds is 9. The molecule has 0 bridgehead atoms. The highest BCUT2D eigenvalue weighted by atomic mass is 35.5. The molecule has 31 heavy (non-hydrogen) atoms. The maximum absolute atomic E-state index is 12.4. The molecule has 3 aromatic rings. The monoisotopic (exact) mass is 477 g/mol. The zero-order valence-corrected chi connectivity index (χ0v) is 19.1. The molecule has 0 aliphatic heterocycles. The molecule has 0 unspecified atom stereocenters. The SMILES string of the molecule is CCn1c(CNC(=O)c2ccc(Cl)cc2Cl)nnc1SCC(=O)NCc1ccccc1. The lowest BCUT2D eigenvalue weighted by molar-refractivity contribution is -0.118. The molecule has 3 rings (SSSR count). The summed E-state index contributed by atoms with van der Waals surface area (Å²) in [5, 5.41) is 15.3. The van der Waals surface area contributed by atoms with Crippen LogP contribution in [0.2, 0.25) is 10.0 Å². The third-order valence-corrected chi connectivity index (χ3v) is 5.87. The average molecular weight is 478 g/mol. The third kappa shape index (κ3) is 6.46. The van der Waals surface area contributed by atoms with Gasteiger partial charge in [-0.15, -0.1) is 10.2 Å². The van der Waals surface area contributed by atoms with Gasteiger partial charge in [0.05, 0.1) is 22.9 Å². The van der Waals surface area contributed by atoms with Crippen LogP contribution < -0.4 is 10.6 Å². The molecule has 2 amide bonds. The molecule has 0 radical (unpaired) electrons. The van der Waals surface area contributed by atoms with Gasteiger partial charge in [-0.25, -0.2) is 0 Å². The third-order valence-electron chi connectivity index (χ3n) is 4.36. The van der Waals surface area contributed by atoms with Gasteiger partial charge in [0.1, 0.15) is 0 Å². The van der Waals surface area contributed by atoms with Crippen molar-refractivity contribution in [3.63, 3.8) is 0 Å². The fourth-order valence-corrected chi connectivity index (χ4v) is 4.13. The predicted octanol–water partition coefficient (Wildman–Crippen LogP) is 3.94. The standard InChI is InChI=1S/C21H21Cl2N5O2S/c1-2-28-18(12-25-20(30)16-9-8-15(22)10-17(16)23)26-27-21(28)31-13-19(29)24-11-14-6-4-3-5-7-14/h3-10H,2,11-13H2,1H3,(H,24,29)(H,25,30). The van der Waals surface area contributed by atoms with E-state index < -0.39 is 0 Å². The number of benzene rings is 2. The van der Waals surface area contributed by atoms with Crippen molar-refractivity contribution in [3.05, 3.63) is 75.5 Å². The Balaban J connectivity index is 1.53. The van der Waals surface area contributed by atoms with Gasteiger partial charge < -0.3 is 15.2 Å². The van der Waals surface area contributed by atoms with E-state index in [2.05, 4.69) is 20.8 Å². The molecule has 0 spiro atoms. The van der Waals surface area contributed by atoms with Gasteiger partial charge in [-0.1, -0.05) is 65.3 Å². The molecule has 2 aromatic carbocycles. The van der Waals surface area contributed by atoms with Crippen molar-refractivity contribution < 1.29 is 9.59 Å². The topological polar surface area (TPSA) is 88.9 Å². The second-order valence-corrected chi connectivity index (χ2v) is 8.29. The zero-order chi connectivity index (χ0) is 22.2. The minimum atomic E-state index is -0.332. The maximum Gasteiger partial charge on any atom is 0.253 e. The molecule has 0 aliphatic rings. The Bertz CT molecular complexity index is 1060. The summed E-state index contributed by atoms with van der Waals surface area (Å²) >= 11 is 13.3. The predicted molar refractivity (Wildman–Crippen MR) is 122 cm³/mol. The summed E-state index contributed by atoms with van der Waals surface area (Å²) in [4.78, 5) is 24.6. The fourth-order valence-electron chi connectivity index (χ4n) is 2.78. The molecular weight excluding hydrogens is 457 g/mol. The van der Waals surface area contributed by atoms with Gasteiger partial charge >= 0.3 is 0 Å². The molecule has 7 nitrogen and oxygen atoms in total. The highest BCUT2D eigenvalue weighted by molar-refractivity contribution is 7.99. The Morgan fingerprint density at radius 2 is 1.81 bits per heavy atom. The number of thioether (sulfide) groups is 1. The van der Waals surface area contributed by atoms with Gasteiger partial charge in [0, 0.05) is 18.1 Å². The lowest BCUT2D eigenvalue weighted by Crippen LogP contribution is -2.25. The fraction of sp³-hybridized carbons (Fsp3) is 0.238. The van der Waals surface area contributed by atoms with E-state index in [-0.39, 0.29) is 29.1 Å². The summed E-state index contributed by atoms with van der Waals surface area (Å²) < 4.78 is 1.86. The molecule has 0 atom stereocenters. The number of hydrogen-bond donors (Lipinski definition) is 2. The zero-order valence-electron chi connectivity index (χ0n) is 16.8. The maximum atomic E-state index is 12.4. The second-order valence-electron chi connectivity index (χ2n) is 6.50. The number of amides is 2. The van der Waals surface area contributed by atoms with E-state index >= 15 is 0 Å².